The summed E-state index contributed by atoms with van der Waals surface area (Å²) in [5.41, 5.74) is 2.22. The molecule has 1 aromatic carbocycles. The van der Waals surface area contributed by atoms with Crippen LogP contribution in [-0.4, -0.2) is 44.1 Å². The highest BCUT2D eigenvalue weighted by Crippen LogP contribution is 2.26. The van der Waals surface area contributed by atoms with Gasteiger partial charge < -0.3 is 10.2 Å². The maximum Gasteiger partial charge on any atom is 0.169 e. The van der Waals surface area contributed by atoms with Gasteiger partial charge in [0.15, 0.2) is 9.84 Å². The van der Waals surface area contributed by atoms with E-state index in [1.165, 1.54) is 11.8 Å². The van der Waals surface area contributed by atoms with Gasteiger partial charge in [0.05, 0.1) is 0 Å². The molecule has 1 heterocycles. The van der Waals surface area contributed by atoms with Crippen molar-refractivity contribution in [2.45, 2.75) is 31.8 Å². The van der Waals surface area contributed by atoms with Gasteiger partial charge in [-0.05, 0) is 17.7 Å². The number of benzene rings is 1. The van der Waals surface area contributed by atoms with Crippen molar-refractivity contribution < 1.29 is 8.42 Å². The van der Waals surface area contributed by atoms with Gasteiger partial charge in [0.25, 0.3) is 0 Å². The molecule has 1 aromatic rings. The number of anilines is 1. The quantitative estimate of drug-likeness (QED) is 0.897. The van der Waals surface area contributed by atoms with Crippen LogP contribution in [0.25, 0.3) is 0 Å². The van der Waals surface area contributed by atoms with Crippen LogP contribution in [-0.2, 0) is 16.4 Å². The van der Waals surface area contributed by atoms with Crippen LogP contribution < -0.4 is 10.2 Å². The molecule has 0 amide bonds. The Morgan fingerprint density at radius 1 is 1.33 bits per heavy atom. The summed E-state index contributed by atoms with van der Waals surface area (Å²) in [4.78, 5) is 2.02. The van der Waals surface area contributed by atoms with E-state index in [0.717, 1.165) is 24.5 Å². The zero-order chi connectivity index (χ0) is 15.5. The summed E-state index contributed by atoms with van der Waals surface area (Å²) in [6.07, 6.45) is 1.33. The first kappa shape index (κ1) is 16.6. The summed E-state index contributed by atoms with van der Waals surface area (Å²) in [7, 11) is -3.06. The number of sulfone groups is 1. The van der Waals surface area contributed by atoms with Crippen LogP contribution in [0.5, 0.6) is 0 Å². The van der Waals surface area contributed by atoms with Gasteiger partial charge in [-0.25, -0.2) is 8.42 Å². The molecule has 1 saturated heterocycles. The molecular formula is C15H24N2O2S2. The molecule has 0 aromatic heterocycles. The van der Waals surface area contributed by atoms with Crippen molar-refractivity contribution in [1.82, 2.24) is 5.32 Å². The van der Waals surface area contributed by atoms with E-state index in [1.807, 2.05) is 17.0 Å². The molecule has 4 nitrogen and oxygen atoms in total. The fraction of sp³-hybridized carbons (Fsp3) is 0.600. The standard InChI is InChI=1S/C15H24N2O2S2/c1-12(2)16-10-13-4-6-14(7-5-13)17-8-9-20-11-15(17)21(3,18)19/h4-7,12,15-16H,8-11H2,1-3H3. The van der Waals surface area contributed by atoms with Gasteiger partial charge in [-0.15, -0.1) is 0 Å². The molecule has 1 fully saturated rings. The number of hydrogen-bond donors (Lipinski definition) is 1. The van der Waals surface area contributed by atoms with E-state index in [2.05, 4.69) is 31.3 Å². The molecule has 1 N–H and O–H groups in total. The zero-order valence-electron chi connectivity index (χ0n) is 12.9. The minimum atomic E-state index is -3.06. The first-order valence-corrected chi connectivity index (χ1v) is 10.3. The third-order valence-corrected chi connectivity index (χ3v) is 6.20. The van der Waals surface area contributed by atoms with Crippen LogP contribution in [0.2, 0.25) is 0 Å². The Morgan fingerprint density at radius 3 is 2.57 bits per heavy atom. The van der Waals surface area contributed by atoms with E-state index in [9.17, 15) is 8.42 Å². The van der Waals surface area contributed by atoms with Crippen molar-refractivity contribution in [3.05, 3.63) is 29.8 Å². The van der Waals surface area contributed by atoms with Gasteiger partial charge in [0, 0.05) is 42.6 Å². The van der Waals surface area contributed by atoms with Gasteiger partial charge >= 0.3 is 0 Å². The summed E-state index contributed by atoms with van der Waals surface area (Å²) >= 11 is 1.71. The second-order valence-electron chi connectivity index (χ2n) is 5.75. The Bertz CT molecular complexity index is 556. The first-order chi connectivity index (χ1) is 9.88. The van der Waals surface area contributed by atoms with Crippen LogP contribution in [0.1, 0.15) is 19.4 Å². The minimum absolute atomic E-state index is 0.407. The average Bonchev–Trinajstić information content (AvgIpc) is 2.45. The van der Waals surface area contributed by atoms with Gasteiger partial charge in [0.2, 0.25) is 0 Å². The first-order valence-electron chi connectivity index (χ1n) is 7.23. The van der Waals surface area contributed by atoms with Gasteiger partial charge in [-0.2, -0.15) is 11.8 Å². The lowest BCUT2D eigenvalue weighted by molar-refractivity contribution is 0.584. The van der Waals surface area contributed by atoms with Crippen molar-refractivity contribution >= 4 is 27.3 Å². The lowest BCUT2D eigenvalue weighted by Crippen LogP contribution is -2.47. The number of thioether (sulfide) groups is 1. The maximum atomic E-state index is 11.9. The van der Waals surface area contributed by atoms with Crippen molar-refractivity contribution in [3.8, 4) is 0 Å². The highest BCUT2D eigenvalue weighted by Gasteiger charge is 2.30. The Hall–Kier alpha value is -0.720. The maximum absolute atomic E-state index is 11.9. The minimum Gasteiger partial charge on any atom is -0.353 e. The molecule has 118 valence electrons. The molecule has 2 rings (SSSR count). The number of hydrogen-bond acceptors (Lipinski definition) is 5. The lowest BCUT2D eigenvalue weighted by atomic mass is 10.2. The molecule has 1 aliphatic rings. The second-order valence-corrected chi connectivity index (χ2v) is 9.11. The molecule has 0 saturated carbocycles. The van der Waals surface area contributed by atoms with Gasteiger partial charge in [-0.3, -0.25) is 0 Å². The predicted molar refractivity (Wildman–Crippen MR) is 91.7 cm³/mol. The van der Waals surface area contributed by atoms with E-state index < -0.39 is 15.2 Å². The highest BCUT2D eigenvalue weighted by molar-refractivity contribution is 8.01. The molecular weight excluding hydrogens is 304 g/mol. The number of nitrogens with zero attached hydrogens (tertiary/aromatic N) is 1. The Labute approximate surface area is 132 Å². The average molecular weight is 329 g/mol. The molecule has 0 spiro atoms. The normalized spacial score (nSPS) is 20.0. The third kappa shape index (κ3) is 4.63. The molecule has 0 aliphatic carbocycles. The summed E-state index contributed by atoms with van der Waals surface area (Å²) in [5, 5.41) is 2.97. The molecule has 0 bridgehead atoms. The van der Waals surface area contributed by atoms with E-state index >= 15 is 0 Å². The van der Waals surface area contributed by atoms with Crippen LogP contribution in [0.4, 0.5) is 5.69 Å². The zero-order valence-corrected chi connectivity index (χ0v) is 14.5. The number of rotatable bonds is 5. The Morgan fingerprint density at radius 2 is 2.00 bits per heavy atom. The molecule has 0 radical (unpaired) electrons. The lowest BCUT2D eigenvalue weighted by Gasteiger charge is -2.36. The van der Waals surface area contributed by atoms with Crippen molar-refractivity contribution in [1.29, 1.82) is 0 Å². The largest absolute Gasteiger partial charge is 0.353 e. The summed E-state index contributed by atoms with van der Waals surface area (Å²) in [5.74, 6) is 1.62. The van der Waals surface area contributed by atoms with Crippen molar-refractivity contribution in [2.75, 3.05) is 29.2 Å². The van der Waals surface area contributed by atoms with Crippen LogP contribution in [0.3, 0.4) is 0 Å². The summed E-state index contributed by atoms with van der Waals surface area (Å²) in [6, 6.07) is 8.67. The molecule has 21 heavy (non-hydrogen) atoms. The SMILES string of the molecule is CC(C)NCc1ccc(N2CCSCC2S(C)(=O)=O)cc1. The topological polar surface area (TPSA) is 49.4 Å². The Balaban J connectivity index is 2.12. The van der Waals surface area contributed by atoms with E-state index in [4.69, 9.17) is 0 Å². The fourth-order valence-electron chi connectivity index (χ4n) is 2.36. The molecule has 1 aliphatic heterocycles. The van der Waals surface area contributed by atoms with Crippen molar-refractivity contribution in [3.63, 3.8) is 0 Å². The molecule has 1 atom stereocenters. The summed E-state index contributed by atoms with van der Waals surface area (Å²) in [6.45, 7) is 5.86. The van der Waals surface area contributed by atoms with E-state index in [0.29, 0.717) is 11.8 Å². The van der Waals surface area contributed by atoms with E-state index in [-0.39, 0.29) is 0 Å². The molecule has 1 unspecified atom stereocenters. The third-order valence-electron chi connectivity index (χ3n) is 3.56. The summed E-state index contributed by atoms with van der Waals surface area (Å²) < 4.78 is 23.9. The number of nitrogens with one attached hydrogen (secondary N) is 1. The monoisotopic (exact) mass is 328 g/mol. The van der Waals surface area contributed by atoms with Crippen LogP contribution >= 0.6 is 11.8 Å². The van der Waals surface area contributed by atoms with Crippen LogP contribution in [0, 0.1) is 0 Å². The molecule has 6 heteroatoms. The van der Waals surface area contributed by atoms with Gasteiger partial charge in [0.1, 0.15) is 5.37 Å². The van der Waals surface area contributed by atoms with Gasteiger partial charge in [-0.1, -0.05) is 26.0 Å². The fourth-order valence-corrected chi connectivity index (χ4v) is 5.20. The van der Waals surface area contributed by atoms with Crippen molar-refractivity contribution in [2.24, 2.45) is 0 Å². The highest BCUT2D eigenvalue weighted by atomic mass is 32.2. The smallest absolute Gasteiger partial charge is 0.169 e. The van der Waals surface area contributed by atoms with E-state index in [1.54, 1.807) is 11.8 Å². The second kappa shape index (κ2) is 7.03. The Kier molecular flexibility index (Phi) is 5.57. The predicted octanol–water partition coefficient (Wildman–Crippen LogP) is 2.11. The van der Waals surface area contributed by atoms with Crippen LogP contribution in [0.15, 0.2) is 24.3 Å².